The van der Waals surface area contributed by atoms with Crippen molar-refractivity contribution in [2.75, 3.05) is 11.9 Å². The highest BCUT2D eigenvalue weighted by molar-refractivity contribution is 7.89. The largest absolute Gasteiger partial charge is 0.366 e. The lowest BCUT2D eigenvalue weighted by Crippen LogP contribution is -2.43. The number of carbonyl (C=O) groups excluding carboxylic acids is 2. The molecular weight excluding hydrogens is 398 g/mol. The summed E-state index contributed by atoms with van der Waals surface area (Å²) in [6.45, 7) is 2.52. The highest BCUT2D eigenvalue weighted by atomic mass is 32.2. The summed E-state index contributed by atoms with van der Waals surface area (Å²) in [5.41, 5.74) is 5.82. The maximum atomic E-state index is 13.0. The van der Waals surface area contributed by atoms with E-state index in [2.05, 4.69) is 5.32 Å². The number of amides is 2. The summed E-state index contributed by atoms with van der Waals surface area (Å²) in [4.78, 5) is 24.0. The number of carbonyl (C=O) groups is 2. The van der Waals surface area contributed by atoms with Crippen molar-refractivity contribution >= 4 is 38.2 Å². The fraction of sp³-hybridized carbons (Fsp3) is 0.368. The third-order valence-electron chi connectivity index (χ3n) is 4.93. The first-order valence-electron chi connectivity index (χ1n) is 9.15. The molecule has 9 heteroatoms. The molecule has 1 atom stereocenters. The quantitative estimate of drug-likeness (QED) is 0.747. The van der Waals surface area contributed by atoms with E-state index in [-0.39, 0.29) is 16.5 Å². The first kappa shape index (κ1) is 20.5. The second kappa shape index (κ2) is 8.42. The Balaban J connectivity index is 1.78. The van der Waals surface area contributed by atoms with Gasteiger partial charge in [-0.1, -0.05) is 13.3 Å². The molecule has 7 nitrogen and oxygen atoms in total. The van der Waals surface area contributed by atoms with E-state index in [0.29, 0.717) is 17.1 Å². The number of hydrogen-bond donors (Lipinski definition) is 2. The molecule has 0 unspecified atom stereocenters. The Morgan fingerprint density at radius 1 is 1.21 bits per heavy atom. The van der Waals surface area contributed by atoms with Crippen molar-refractivity contribution in [1.29, 1.82) is 0 Å². The zero-order valence-electron chi connectivity index (χ0n) is 15.6. The van der Waals surface area contributed by atoms with E-state index in [9.17, 15) is 18.0 Å². The van der Waals surface area contributed by atoms with Crippen LogP contribution in [-0.4, -0.2) is 37.1 Å². The van der Waals surface area contributed by atoms with Gasteiger partial charge < -0.3 is 11.1 Å². The van der Waals surface area contributed by atoms with Gasteiger partial charge in [-0.3, -0.25) is 9.59 Å². The summed E-state index contributed by atoms with van der Waals surface area (Å²) in [6.07, 6.45) is 3.56. The number of hydrogen-bond acceptors (Lipinski definition) is 5. The van der Waals surface area contributed by atoms with E-state index in [1.165, 1.54) is 35.6 Å². The Bertz CT molecular complexity index is 967. The van der Waals surface area contributed by atoms with Gasteiger partial charge >= 0.3 is 0 Å². The van der Waals surface area contributed by atoms with Crippen LogP contribution in [0.4, 0.5) is 5.00 Å². The molecule has 1 fully saturated rings. The predicted molar refractivity (Wildman–Crippen MR) is 109 cm³/mol. The van der Waals surface area contributed by atoms with Crippen LogP contribution in [0.2, 0.25) is 0 Å². The third-order valence-corrected chi connectivity index (χ3v) is 7.72. The van der Waals surface area contributed by atoms with Crippen molar-refractivity contribution in [2.24, 2.45) is 5.73 Å². The highest BCUT2D eigenvalue weighted by Crippen LogP contribution is 2.27. The number of sulfonamides is 1. The van der Waals surface area contributed by atoms with Crippen LogP contribution >= 0.6 is 11.3 Å². The maximum Gasteiger partial charge on any atom is 0.256 e. The number of nitrogens with zero attached hydrogens (tertiary/aromatic N) is 1. The topological polar surface area (TPSA) is 110 Å². The summed E-state index contributed by atoms with van der Waals surface area (Å²) in [6, 6.07) is 7.42. The molecular formula is C19H23N3O4S2. The Labute approximate surface area is 168 Å². The van der Waals surface area contributed by atoms with Crippen LogP contribution in [0.3, 0.4) is 0 Å². The van der Waals surface area contributed by atoms with E-state index in [4.69, 9.17) is 5.73 Å². The maximum absolute atomic E-state index is 13.0. The van der Waals surface area contributed by atoms with E-state index >= 15 is 0 Å². The second-order valence-corrected chi connectivity index (χ2v) is 9.49. The van der Waals surface area contributed by atoms with Crippen LogP contribution in [0.5, 0.6) is 0 Å². The lowest BCUT2D eigenvalue weighted by molar-refractivity contribution is 0.100. The number of benzene rings is 1. The van der Waals surface area contributed by atoms with Crippen LogP contribution in [0, 0.1) is 0 Å². The SMILES string of the molecule is CC[C@@H]1CCCCN1S(=O)(=O)c1ccc(C(=O)Nc2sccc2C(N)=O)cc1. The molecule has 1 aromatic carbocycles. The van der Waals surface area contributed by atoms with Crippen molar-refractivity contribution in [3.05, 3.63) is 46.8 Å². The van der Waals surface area contributed by atoms with Gasteiger partial charge in [0.05, 0.1) is 10.5 Å². The number of nitrogens with two attached hydrogens (primary N) is 1. The number of piperidine rings is 1. The summed E-state index contributed by atoms with van der Waals surface area (Å²) in [5, 5.41) is 4.67. The molecule has 1 saturated heterocycles. The molecule has 150 valence electrons. The molecule has 3 N–H and O–H groups in total. The van der Waals surface area contributed by atoms with Crippen molar-refractivity contribution in [3.8, 4) is 0 Å². The molecule has 2 aromatic rings. The van der Waals surface area contributed by atoms with Gasteiger partial charge in [0.25, 0.3) is 11.8 Å². The minimum absolute atomic E-state index is 0.0211. The third kappa shape index (κ3) is 4.11. The van der Waals surface area contributed by atoms with Crippen LogP contribution in [0.15, 0.2) is 40.6 Å². The normalized spacial score (nSPS) is 18.0. The molecule has 0 aliphatic carbocycles. The van der Waals surface area contributed by atoms with Gasteiger partial charge in [-0.2, -0.15) is 4.31 Å². The van der Waals surface area contributed by atoms with Gasteiger partial charge in [-0.25, -0.2) is 8.42 Å². The molecule has 0 spiro atoms. The van der Waals surface area contributed by atoms with Gasteiger partial charge in [0.1, 0.15) is 5.00 Å². The van der Waals surface area contributed by atoms with Gasteiger partial charge in [0, 0.05) is 18.2 Å². The van der Waals surface area contributed by atoms with Crippen molar-refractivity contribution in [3.63, 3.8) is 0 Å². The highest BCUT2D eigenvalue weighted by Gasteiger charge is 2.32. The molecule has 0 bridgehead atoms. The first-order chi connectivity index (χ1) is 13.3. The number of rotatable bonds is 6. The molecule has 0 radical (unpaired) electrons. The van der Waals surface area contributed by atoms with Crippen molar-refractivity contribution in [2.45, 2.75) is 43.5 Å². The Morgan fingerprint density at radius 2 is 1.93 bits per heavy atom. The predicted octanol–water partition coefficient (Wildman–Crippen LogP) is 3.05. The standard InChI is InChI=1S/C19H23N3O4S2/c1-2-14-5-3-4-11-22(14)28(25,26)15-8-6-13(7-9-15)18(24)21-19-16(17(20)23)10-12-27-19/h6-10,12,14H,2-5,11H2,1H3,(H2,20,23)(H,21,24)/t14-/m1/s1. The summed E-state index contributed by atoms with van der Waals surface area (Å²) in [7, 11) is -3.59. The number of thiophene rings is 1. The number of primary amides is 1. The van der Waals surface area contributed by atoms with E-state index in [1.54, 1.807) is 15.8 Å². The van der Waals surface area contributed by atoms with Gasteiger partial charge in [-0.05, 0) is 55.0 Å². The van der Waals surface area contributed by atoms with Crippen LogP contribution in [0.25, 0.3) is 0 Å². The number of anilines is 1. The van der Waals surface area contributed by atoms with E-state index in [0.717, 1.165) is 25.7 Å². The Kier molecular flexibility index (Phi) is 6.17. The molecule has 2 amide bonds. The van der Waals surface area contributed by atoms with E-state index < -0.39 is 21.8 Å². The Hall–Kier alpha value is -2.23. The van der Waals surface area contributed by atoms with Crippen molar-refractivity contribution in [1.82, 2.24) is 4.31 Å². The summed E-state index contributed by atoms with van der Waals surface area (Å²) >= 11 is 1.19. The molecule has 1 aliphatic rings. The fourth-order valence-electron chi connectivity index (χ4n) is 3.39. The minimum Gasteiger partial charge on any atom is -0.366 e. The molecule has 1 aliphatic heterocycles. The molecule has 0 saturated carbocycles. The zero-order chi connectivity index (χ0) is 20.3. The summed E-state index contributed by atoms with van der Waals surface area (Å²) < 4.78 is 27.6. The van der Waals surface area contributed by atoms with Crippen LogP contribution in [0.1, 0.15) is 53.3 Å². The summed E-state index contributed by atoms with van der Waals surface area (Å²) in [5.74, 6) is -1.05. The molecule has 2 heterocycles. The molecule has 3 rings (SSSR count). The lowest BCUT2D eigenvalue weighted by Gasteiger charge is -2.34. The zero-order valence-corrected chi connectivity index (χ0v) is 17.2. The van der Waals surface area contributed by atoms with Gasteiger partial charge in [-0.15, -0.1) is 11.3 Å². The molecule has 1 aromatic heterocycles. The van der Waals surface area contributed by atoms with Crippen LogP contribution in [-0.2, 0) is 10.0 Å². The monoisotopic (exact) mass is 421 g/mol. The van der Waals surface area contributed by atoms with Gasteiger partial charge in [0.2, 0.25) is 10.0 Å². The Morgan fingerprint density at radius 3 is 2.57 bits per heavy atom. The second-order valence-electron chi connectivity index (χ2n) is 6.68. The lowest BCUT2D eigenvalue weighted by atomic mass is 10.0. The minimum atomic E-state index is -3.59. The smallest absolute Gasteiger partial charge is 0.256 e. The van der Waals surface area contributed by atoms with Crippen molar-refractivity contribution < 1.29 is 18.0 Å². The van der Waals surface area contributed by atoms with E-state index in [1.807, 2.05) is 6.92 Å². The average Bonchev–Trinajstić information content (AvgIpc) is 3.16. The fourth-order valence-corrected chi connectivity index (χ4v) is 5.94. The first-order valence-corrected chi connectivity index (χ1v) is 11.5. The number of nitrogens with one attached hydrogen (secondary N) is 1. The van der Waals surface area contributed by atoms with Gasteiger partial charge in [0.15, 0.2) is 0 Å². The average molecular weight is 422 g/mol. The van der Waals surface area contributed by atoms with Crippen LogP contribution < -0.4 is 11.1 Å². The molecule has 28 heavy (non-hydrogen) atoms.